The number of aliphatic hydroxyl groups is 1. The summed E-state index contributed by atoms with van der Waals surface area (Å²) in [5, 5.41) is 9.50. The van der Waals surface area contributed by atoms with Gasteiger partial charge in [0, 0.05) is 7.05 Å². The van der Waals surface area contributed by atoms with E-state index in [1.807, 2.05) is 0 Å². The summed E-state index contributed by atoms with van der Waals surface area (Å²) in [6.45, 7) is 0.492. The smallest absolute Gasteiger partial charge is 0.389 e. The van der Waals surface area contributed by atoms with Crippen molar-refractivity contribution in [3.05, 3.63) is 28.8 Å². The predicted molar refractivity (Wildman–Crippen MR) is 61.4 cm³/mol. The van der Waals surface area contributed by atoms with E-state index in [0.717, 1.165) is 4.90 Å². The lowest BCUT2D eigenvalue weighted by molar-refractivity contribution is -0.119. The first kappa shape index (κ1) is 14.1. The zero-order chi connectivity index (χ0) is 13.2. The van der Waals surface area contributed by atoms with E-state index in [2.05, 4.69) is 0 Å². The molecule has 17 heavy (non-hydrogen) atoms. The largest absolute Gasteiger partial charge is 0.405 e. The van der Waals surface area contributed by atoms with Crippen LogP contribution in [0.4, 0.5) is 18.9 Å². The Morgan fingerprint density at radius 2 is 2.00 bits per heavy atom. The van der Waals surface area contributed by atoms with Crippen LogP contribution in [0.15, 0.2) is 18.2 Å². The molecule has 0 saturated heterocycles. The zero-order valence-electron chi connectivity index (χ0n) is 9.42. The van der Waals surface area contributed by atoms with Crippen molar-refractivity contribution in [2.75, 3.05) is 18.5 Å². The van der Waals surface area contributed by atoms with Gasteiger partial charge in [0.25, 0.3) is 0 Å². The van der Waals surface area contributed by atoms with Crippen molar-refractivity contribution in [1.29, 1.82) is 0 Å². The molecule has 0 fully saturated rings. The molecule has 1 aromatic carbocycles. The summed E-state index contributed by atoms with van der Waals surface area (Å²) >= 11 is 5.88. The van der Waals surface area contributed by atoms with E-state index in [1.165, 1.54) is 19.2 Å². The Hall–Kier alpha value is -0.940. The highest BCUT2D eigenvalue weighted by molar-refractivity contribution is 6.33. The number of halogens is 4. The van der Waals surface area contributed by atoms with Gasteiger partial charge in [-0.2, -0.15) is 13.2 Å². The maximum atomic E-state index is 12.2. The van der Waals surface area contributed by atoms with E-state index < -0.39 is 18.8 Å². The third-order valence-corrected chi connectivity index (χ3v) is 2.58. The van der Waals surface area contributed by atoms with E-state index in [-0.39, 0.29) is 10.7 Å². The topological polar surface area (TPSA) is 23.5 Å². The highest BCUT2D eigenvalue weighted by atomic mass is 35.5. The standard InChI is InChI=1S/C11H13ClF3NO/c1-7(17)8-3-4-10(9(12)5-8)16(2)6-11(13,14)15/h3-5,7,17H,6H2,1-2H3/t7-/m1/s1. The second kappa shape index (κ2) is 5.14. The van der Waals surface area contributed by atoms with E-state index in [0.29, 0.717) is 5.56 Å². The lowest BCUT2D eigenvalue weighted by Crippen LogP contribution is -2.31. The van der Waals surface area contributed by atoms with Gasteiger partial charge in [-0.15, -0.1) is 0 Å². The molecule has 0 aliphatic carbocycles. The Bertz CT molecular complexity index is 393. The van der Waals surface area contributed by atoms with Gasteiger partial charge in [-0.1, -0.05) is 17.7 Å². The molecule has 0 saturated carbocycles. The van der Waals surface area contributed by atoms with Crippen LogP contribution in [-0.2, 0) is 0 Å². The lowest BCUT2D eigenvalue weighted by Gasteiger charge is -2.22. The molecule has 0 aliphatic rings. The third kappa shape index (κ3) is 4.09. The van der Waals surface area contributed by atoms with E-state index in [4.69, 9.17) is 11.6 Å². The molecule has 1 N–H and O–H groups in total. The number of anilines is 1. The van der Waals surface area contributed by atoms with Crippen LogP contribution in [0.1, 0.15) is 18.6 Å². The summed E-state index contributed by atoms with van der Waals surface area (Å²) in [5.41, 5.74) is 0.854. The van der Waals surface area contributed by atoms with Gasteiger partial charge < -0.3 is 10.0 Å². The molecule has 0 unspecified atom stereocenters. The van der Waals surface area contributed by atoms with Crippen LogP contribution in [-0.4, -0.2) is 24.9 Å². The Kier molecular flexibility index (Phi) is 4.27. The van der Waals surface area contributed by atoms with Gasteiger partial charge >= 0.3 is 6.18 Å². The number of hydrogen-bond acceptors (Lipinski definition) is 2. The molecule has 96 valence electrons. The number of benzene rings is 1. The monoisotopic (exact) mass is 267 g/mol. The summed E-state index contributed by atoms with van der Waals surface area (Å²) in [4.78, 5) is 1.02. The van der Waals surface area contributed by atoms with Crippen molar-refractivity contribution in [2.24, 2.45) is 0 Å². The molecular weight excluding hydrogens is 255 g/mol. The van der Waals surface area contributed by atoms with Crippen molar-refractivity contribution in [3.8, 4) is 0 Å². The summed E-state index contributed by atoms with van der Waals surface area (Å²) in [6, 6.07) is 4.49. The minimum atomic E-state index is -4.28. The van der Waals surface area contributed by atoms with E-state index >= 15 is 0 Å². The molecule has 2 nitrogen and oxygen atoms in total. The molecule has 0 heterocycles. The molecule has 0 aliphatic heterocycles. The maximum absolute atomic E-state index is 12.2. The van der Waals surface area contributed by atoms with Crippen LogP contribution in [0.25, 0.3) is 0 Å². The fraction of sp³-hybridized carbons (Fsp3) is 0.455. The number of aliphatic hydroxyl groups excluding tert-OH is 1. The van der Waals surface area contributed by atoms with Gasteiger partial charge in [0.05, 0.1) is 16.8 Å². The molecule has 0 radical (unpaired) electrons. The first-order chi connectivity index (χ1) is 7.70. The minimum absolute atomic E-state index is 0.190. The fourth-order valence-electron chi connectivity index (χ4n) is 1.45. The Morgan fingerprint density at radius 1 is 1.41 bits per heavy atom. The van der Waals surface area contributed by atoms with Crippen LogP contribution in [0, 0.1) is 0 Å². The number of rotatable bonds is 3. The van der Waals surface area contributed by atoms with Crippen LogP contribution >= 0.6 is 11.6 Å². The van der Waals surface area contributed by atoms with Crippen LogP contribution in [0.5, 0.6) is 0 Å². The third-order valence-electron chi connectivity index (χ3n) is 2.28. The molecule has 0 bridgehead atoms. The SMILES string of the molecule is C[C@@H](O)c1ccc(N(C)CC(F)(F)F)c(Cl)c1. The second-order valence-electron chi connectivity index (χ2n) is 3.86. The average Bonchev–Trinajstić information content (AvgIpc) is 2.14. The number of nitrogens with zero attached hydrogens (tertiary/aromatic N) is 1. The van der Waals surface area contributed by atoms with Crippen molar-refractivity contribution >= 4 is 17.3 Å². The Morgan fingerprint density at radius 3 is 2.41 bits per heavy atom. The van der Waals surface area contributed by atoms with Gasteiger partial charge in [0.15, 0.2) is 0 Å². The quantitative estimate of drug-likeness (QED) is 0.907. The van der Waals surface area contributed by atoms with Crippen molar-refractivity contribution in [3.63, 3.8) is 0 Å². The lowest BCUT2D eigenvalue weighted by atomic mass is 10.1. The highest BCUT2D eigenvalue weighted by Gasteiger charge is 2.30. The molecule has 0 spiro atoms. The molecule has 1 aromatic rings. The van der Waals surface area contributed by atoms with Crippen molar-refractivity contribution in [2.45, 2.75) is 19.2 Å². The minimum Gasteiger partial charge on any atom is -0.389 e. The maximum Gasteiger partial charge on any atom is 0.405 e. The van der Waals surface area contributed by atoms with Gasteiger partial charge in [-0.25, -0.2) is 0 Å². The Labute approximate surface area is 103 Å². The van der Waals surface area contributed by atoms with Gasteiger partial charge in [0.1, 0.15) is 6.54 Å². The molecule has 1 rings (SSSR count). The summed E-state index contributed by atoms with van der Waals surface area (Å²) < 4.78 is 36.6. The molecular formula is C11H13ClF3NO. The summed E-state index contributed by atoms with van der Waals surface area (Å²) in [7, 11) is 1.32. The van der Waals surface area contributed by atoms with E-state index in [9.17, 15) is 18.3 Å². The van der Waals surface area contributed by atoms with Gasteiger partial charge in [-0.05, 0) is 24.6 Å². The summed E-state index contributed by atoms with van der Waals surface area (Å²) in [5.74, 6) is 0. The molecule has 0 aromatic heterocycles. The normalized spacial score (nSPS) is 13.6. The second-order valence-corrected chi connectivity index (χ2v) is 4.27. The summed E-state index contributed by atoms with van der Waals surface area (Å²) in [6.07, 6.45) is -4.98. The first-order valence-corrected chi connectivity index (χ1v) is 5.34. The van der Waals surface area contributed by atoms with Gasteiger partial charge in [-0.3, -0.25) is 0 Å². The zero-order valence-corrected chi connectivity index (χ0v) is 10.2. The fourth-order valence-corrected chi connectivity index (χ4v) is 1.78. The molecule has 1 atom stereocenters. The predicted octanol–water partition coefficient (Wildman–Crippen LogP) is 3.39. The highest BCUT2D eigenvalue weighted by Crippen LogP contribution is 2.30. The first-order valence-electron chi connectivity index (χ1n) is 4.96. The molecule has 0 amide bonds. The van der Waals surface area contributed by atoms with Gasteiger partial charge in [0.2, 0.25) is 0 Å². The van der Waals surface area contributed by atoms with Crippen LogP contribution < -0.4 is 4.90 Å². The Balaban J connectivity index is 2.92. The van der Waals surface area contributed by atoms with E-state index in [1.54, 1.807) is 13.0 Å². The van der Waals surface area contributed by atoms with Crippen molar-refractivity contribution < 1.29 is 18.3 Å². The van der Waals surface area contributed by atoms with Crippen LogP contribution in [0.3, 0.4) is 0 Å². The van der Waals surface area contributed by atoms with Crippen LogP contribution in [0.2, 0.25) is 5.02 Å². The molecule has 6 heteroatoms. The number of hydrogen-bond donors (Lipinski definition) is 1. The van der Waals surface area contributed by atoms with Crippen molar-refractivity contribution in [1.82, 2.24) is 0 Å². The average molecular weight is 268 g/mol. The number of alkyl halides is 3.